The zero-order valence-corrected chi connectivity index (χ0v) is 22.6. The van der Waals surface area contributed by atoms with E-state index < -0.39 is 29.6 Å². The van der Waals surface area contributed by atoms with E-state index in [-0.39, 0.29) is 12.1 Å². The number of esters is 1. The molecule has 2 heterocycles. The summed E-state index contributed by atoms with van der Waals surface area (Å²) >= 11 is 0. The summed E-state index contributed by atoms with van der Waals surface area (Å²) in [6.07, 6.45) is 2.82. The average molecular weight is 526 g/mol. The van der Waals surface area contributed by atoms with Gasteiger partial charge in [-0.05, 0) is 59.1 Å². The summed E-state index contributed by atoms with van der Waals surface area (Å²) < 4.78 is 9.95. The first-order valence-electron chi connectivity index (χ1n) is 12.3. The lowest BCUT2D eigenvalue weighted by molar-refractivity contribution is -0.142. The third kappa shape index (κ3) is 7.64. The number of ether oxygens (including phenoxy) is 2. The van der Waals surface area contributed by atoms with Crippen molar-refractivity contribution >= 4 is 34.8 Å². The predicted octanol–water partition coefficient (Wildman–Crippen LogP) is 2.81. The molecule has 0 radical (unpaired) electrons. The maximum absolute atomic E-state index is 13.0. The van der Waals surface area contributed by atoms with Crippen molar-refractivity contribution in [2.75, 3.05) is 25.5 Å². The minimum Gasteiger partial charge on any atom is -0.467 e. The first kappa shape index (κ1) is 28.4. The molecule has 1 aromatic carbocycles. The molecule has 0 bridgehead atoms. The Hall–Kier alpha value is -4.22. The summed E-state index contributed by atoms with van der Waals surface area (Å²) in [4.78, 5) is 46.1. The monoisotopic (exact) mass is 525 g/mol. The molecule has 38 heavy (non-hydrogen) atoms. The topological polar surface area (TPSA) is 160 Å². The van der Waals surface area contributed by atoms with Crippen LogP contribution in [0.5, 0.6) is 0 Å². The molecule has 0 aliphatic carbocycles. The standard InChI is InChI=1S/C26H35N7O5/c1-15-21(22(34)32-20(23(35)37-6)14-28-25(36)38-26(3,4)5)16(2)31-24(30-15)27-12-8-10-17-9-7-11-19-18(17)13-29-33-19/h7,9,11,13,20H,8,10,12,14H2,1-6H3,(H,28,36)(H,29,33)(H,32,34)(H,27,30,31)/t20-/m0/s1. The van der Waals surface area contributed by atoms with Crippen LogP contribution in [-0.4, -0.2) is 70.0 Å². The van der Waals surface area contributed by atoms with Gasteiger partial charge in [0.25, 0.3) is 5.91 Å². The van der Waals surface area contributed by atoms with E-state index >= 15 is 0 Å². The minimum atomic E-state index is -1.13. The van der Waals surface area contributed by atoms with Gasteiger partial charge < -0.3 is 25.4 Å². The molecule has 0 saturated carbocycles. The number of fused-ring (bicyclic) bond motifs is 1. The quantitative estimate of drug-likeness (QED) is 0.230. The van der Waals surface area contributed by atoms with Gasteiger partial charge in [0.1, 0.15) is 11.6 Å². The first-order valence-corrected chi connectivity index (χ1v) is 12.3. The summed E-state index contributed by atoms with van der Waals surface area (Å²) in [7, 11) is 1.20. The van der Waals surface area contributed by atoms with Crippen LogP contribution in [0.25, 0.3) is 10.9 Å². The zero-order valence-electron chi connectivity index (χ0n) is 22.6. The van der Waals surface area contributed by atoms with Crippen molar-refractivity contribution in [3.05, 3.63) is 46.9 Å². The van der Waals surface area contributed by atoms with Crippen molar-refractivity contribution in [2.45, 2.75) is 59.1 Å². The third-order valence-electron chi connectivity index (χ3n) is 5.62. The van der Waals surface area contributed by atoms with Gasteiger partial charge in [-0.3, -0.25) is 9.89 Å². The SMILES string of the molecule is COC(=O)[C@H](CNC(=O)OC(C)(C)C)NC(=O)c1c(C)nc(NCCCc2cccc3[nH]ncc23)nc1C. The number of anilines is 1. The Labute approximate surface area is 221 Å². The Bertz CT molecular complexity index is 1280. The lowest BCUT2D eigenvalue weighted by Crippen LogP contribution is -2.50. The zero-order chi connectivity index (χ0) is 27.9. The molecule has 204 valence electrons. The van der Waals surface area contributed by atoms with Gasteiger partial charge in [-0.1, -0.05) is 12.1 Å². The Morgan fingerprint density at radius 3 is 2.47 bits per heavy atom. The Morgan fingerprint density at radius 2 is 1.82 bits per heavy atom. The van der Waals surface area contributed by atoms with Crippen LogP contribution >= 0.6 is 0 Å². The molecule has 4 N–H and O–H groups in total. The van der Waals surface area contributed by atoms with E-state index in [4.69, 9.17) is 9.47 Å². The Balaban J connectivity index is 1.59. The molecule has 12 nitrogen and oxygen atoms in total. The van der Waals surface area contributed by atoms with Crippen LogP contribution in [0.1, 0.15) is 54.5 Å². The third-order valence-corrected chi connectivity index (χ3v) is 5.62. The van der Waals surface area contributed by atoms with Crippen LogP contribution in [0.4, 0.5) is 10.7 Å². The van der Waals surface area contributed by atoms with E-state index in [1.54, 1.807) is 34.6 Å². The number of nitrogens with zero attached hydrogens (tertiary/aromatic N) is 3. The smallest absolute Gasteiger partial charge is 0.407 e. The highest BCUT2D eigenvalue weighted by Crippen LogP contribution is 2.18. The maximum atomic E-state index is 13.0. The fraction of sp³-hybridized carbons (Fsp3) is 0.462. The molecular weight excluding hydrogens is 490 g/mol. The Morgan fingerprint density at radius 1 is 1.11 bits per heavy atom. The molecule has 0 saturated heterocycles. The van der Waals surface area contributed by atoms with Gasteiger partial charge >= 0.3 is 12.1 Å². The van der Waals surface area contributed by atoms with Crippen molar-refractivity contribution in [1.29, 1.82) is 0 Å². The highest BCUT2D eigenvalue weighted by atomic mass is 16.6. The van der Waals surface area contributed by atoms with Crippen molar-refractivity contribution in [3.8, 4) is 0 Å². The van der Waals surface area contributed by atoms with Crippen molar-refractivity contribution in [2.24, 2.45) is 0 Å². The number of aromatic nitrogens is 4. The van der Waals surface area contributed by atoms with Crippen LogP contribution in [0.15, 0.2) is 24.4 Å². The molecule has 3 rings (SSSR count). The van der Waals surface area contributed by atoms with E-state index in [2.05, 4.69) is 42.2 Å². The van der Waals surface area contributed by atoms with Crippen LogP contribution < -0.4 is 16.0 Å². The molecular formula is C26H35N7O5. The van der Waals surface area contributed by atoms with Crippen LogP contribution in [-0.2, 0) is 20.7 Å². The number of methoxy groups -OCH3 is 1. The second-order valence-corrected chi connectivity index (χ2v) is 9.80. The second-order valence-electron chi connectivity index (χ2n) is 9.80. The van der Waals surface area contributed by atoms with Gasteiger partial charge in [-0.15, -0.1) is 0 Å². The maximum Gasteiger partial charge on any atom is 0.407 e. The molecule has 0 aliphatic rings. The van der Waals surface area contributed by atoms with E-state index in [1.165, 1.54) is 12.7 Å². The fourth-order valence-electron chi connectivity index (χ4n) is 3.92. The van der Waals surface area contributed by atoms with Crippen LogP contribution in [0, 0.1) is 13.8 Å². The van der Waals surface area contributed by atoms with Crippen LogP contribution in [0.2, 0.25) is 0 Å². The minimum absolute atomic E-state index is 0.210. The summed E-state index contributed by atoms with van der Waals surface area (Å²) in [5.41, 5.74) is 2.65. The Kier molecular flexibility index (Phi) is 9.21. The molecule has 3 aromatic rings. The number of hydrogen-bond acceptors (Lipinski definition) is 9. The fourth-order valence-corrected chi connectivity index (χ4v) is 3.92. The van der Waals surface area contributed by atoms with E-state index in [1.807, 2.05) is 18.3 Å². The number of H-pyrrole nitrogens is 1. The van der Waals surface area contributed by atoms with Gasteiger partial charge in [-0.25, -0.2) is 19.6 Å². The number of nitrogens with one attached hydrogen (secondary N) is 4. The van der Waals surface area contributed by atoms with E-state index in [9.17, 15) is 14.4 Å². The number of benzene rings is 1. The van der Waals surface area contributed by atoms with Gasteiger partial charge in [0, 0.05) is 11.9 Å². The van der Waals surface area contributed by atoms with E-state index in [0.717, 1.165) is 23.7 Å². The van der Waals surface area contributed by atoms with E-state index in [0.29, 0.717) is 23.9 Å². The number of aryl methyl sites for hydroxylation is 3. The largest absolute Gasteiger partial charge is 0.467 e. The van der Waals surface area contributed by atoms with Crippen molar-refractivity contribution in [3.63, 3.8) is 0 Å². The number of carbonyl (C=O) groups excluding carboxylic acids is 3. The molecule has 1 atom stereocenters. The molecule has 0 aliphatic heterocycles. The molecule has 2 amide bonds. The van der Waals surface area contributed by atoms with Crippen molar-refractivity contribution < 1.29 is 23.9 Å². The molecule has 0 fully saturated rings. The summed E-state index contributed by atoms with van der Waals surface area (Å²) in [5, 5.41) is 16.5. The molecule has 2 aromatic heterocycles. The highest BCUT2D eigenvalue weighted by Gasteiger charge is 2.26. The molecule has 0 unspecified atom stereocenters. The van der Waals surface area contributed by atoms with Gasteiger partial charge in [0.2, 0.25) is 5.95 Å². The van der Waals surface area contributed by atoms with Crippen molar-refractivity contribution in [1.82, 2.24) is 30.8 Å². The average Bonchev–Trinajstić information content (AvgIpc) is 3.32. The first-order chi connectivity index (χ1) is 18.0. The molecule has 12 heteroatoms. The number of aromatic amines is 1. The number of amides is 2. The number of carbonyl (C=O) groups is 3. The van der Waals surface area contributed by atoms with Gasteiger partial charge in [-0.2, -0.15) is 5.10 Å². The lowest BCUT2D eigenvalue weighted by atomic mass is 10.1. The lowest BCUT2D eigenvalue weighted by Gasteiger charge is -2.22. The van der Waals surface area contributed by atoms with Gasteiger partial charge in [0.15, 0.2) is 0 Å². The summed E-state index contributed by atoms with van der Waals surface area (Å²) in [6, 6.07) is 4.95. The highest BCUT2D eigenvalue weighted by molar-refractivity contribution is 5.98. The normalized spacial score (nSPS) is 12.1. The number of hydrogen-bond donors (Lipinski definition) is 4. The van der Waals surface area contributed by atoms with Gasteiger partial charge in [0.05, 0.1) is 42.3 Å². The second kappa shape index (κ2) is 12.3. The number of alkyl carbamates (subject to hydrolysis) is 1. The number of rotatable bonds is 10. The van der Waals surface area contributed by atoms with Crippen LogP contribution in [0.3, 0.4) is 0 Å². The predicted molar refractivity (Wildman–Crippen MR) is 142 cm³/mol. The summed E-state index contributed by atoms with van der Waals surface area (Å²) in [6.45, 7) is 8.98. The molecule has 0 spiro atoms. The summed E-state index contributed by atoms with van der Waals surface area (Å²) in [5.74, 6) is -0.856.